The van der Waals surface area contributed by atoms with Gasteiger partial charge in [-0.1, -0.05) is 24.3 Å². The molecule has 0 radical (unpaired) electrons. The van der Waals surface area contributed by atoms with Crippen LogP contribution in [0.2, 0.25) is 0 Å². The first-order valence-electron chi connectivity index (χ1n) is 6.65. The number of carbonyl (C=O) groups excluding carboxylic acids is 2. The predicted molar refractivity (Wildman–Crippen MR) is 78.1 cm³/mol. The zero-order valence-electron chi connectivity index (χ0n) is 12.0. The van der Waals surface area contributed by atoms with Gasteiger partial charge in [-0.25, -0.2) is 0 Å². The minimum Gasteiger partial charge on any atom is -0.460 e. The minimum absolute atomic E-state index is 0.0726. The summed E-state index contributed by atoms with van der Waals surface area (Å²) in [6.07, 6.45) is 2.24. The molecule has 0 aromatic heterocycles. The van der Waals surface area contributed by atoms with E-state index in [1.807, 2.05) is 45.0 Å². The second kappa shape index (κ2) is 5.49. The summed E-state index contributed by atoms with van der Waals surface area (Å²) in [5.74, 6) is -0.357. The summed E-state index contributed by atoms with van der Waals surface area (Å²) in [5, 5.41) is 2.83. The normalized spacial score (nSPS) is 14.8. The average molecular weight is 273 g/mol. The van der Waals surface area contributed by atoms with E-state index in [1.54, 1.807) is 6.08 Å². The Balaban J connectivity index is 2.23. The van der Waals surface area contributed by atoms with Gasteiger partial charge in [0.15, 0.2) is 0 Å². The Morgan fingerprint density at radius 1 is 1.30 bits per heavy atom. The molecule has 0 saturated carbocycles. The molecule has 0 bridgehead atoms. The number of benzene rings is 1. The van der Waals surface area contributed by atoms with Crippen molar-refractivity contribution in [2.45, 2.75) is 39.2 Å². The van der Waals surface area contributed by atoms with E-state index in [0.717, 1.165) is 16.8 Å². The monoisotopic (exact) mass is 273 g/mol. The smallest absolute Gasteiger partial charge is 0.310 e. The van der Waals surface area contributed by atoms with Crippen LogP contribution in [0, 0.1) is 0 Å². The van der Waals surface area contributed by atoms with E-state index < -0.39 is 5.60 Å². The molecule has 4 nitrogen and oxygen atoms in total. The highest BCUT2D eigenvalue weighted by atomic mass is 16.6. The molecule has 1 aromatic rings. The Bertz CT molecular complexity index is 567. The number of esters is 1. The molecule has 0 saturated heterocycles. The molecule has 1 aliphatic rings. The fraction of sp³-hybridized carbons (Fsp3) is 0.375. The lowest BCUT2D eigenvalue weighted by atomic mass is 10.0. The van der Waals surface area contributed by atoms with Gasteiger partial charge in [0.2, 0.25) is 5.91 Å². The number of anilines is 1. The van der Waals surface area contributed by atoms with Crippen molar-refractivity contribution in [2.75, 3.05) is 5.32 Å². The van der Waals surface area contributed by atoms with Crippen molar-refractivity contribution < 1.29 is 14.3 Å². The zero-order chi connectivity index (χ0) is 14.8. The lowest BCUT2D eigenvalue weighted by Gasteiger charge is -2.20. The average Bonchev–Trinajstić information content (AvgIpc) is 2.47. The molecule has 106 valence electrons. The predicted octanol–water partition coefficient (Wildman–Crippen LogP) is 3.14. The van der Waals surface area contributed by atoms with Crippen LogP contribution in [0.15, 0.2) is 30.3 Å². The van der Waals surface area contributed by atoms with Crippen molar-refractivity contribution in [3.8, 4) is 0 Å². The minimum atomic E-state index is -0.504. The molecule has 1 heterocycles. The van der Waals surface area contributed by atoms with E-state index in [9.17, 15) is 9.59 Å². The lowest BCUT2D eigenvalue weighted by molar-refractivity contribution is -0.153. The second-order valence-electron chi connectivity index (χ2n) is 5.79. The number of nitrogens with one attached hydrogen (secondary N) is 1. The first-order chi connectivity index (χ1) is 9.35. The molecule has 2 rings (SSSR count). The molecule has 0 spiro atoms. The maximum absolute atomic E-state index is 12.0. The molecule has 20 heavy (non-hydrogen) atoms. The Labute approximate surface area is 118 Å². The quantitative estimate of drug-likeness (QED) is 0.842. The van der Waals surface area contributed by atoms with Crippen molar-refractivity contribution in [1.82, 2.24) is 0 Å². The van der Waals surface area contributed by atoms with Crippen LogP contribution >= 0.6 is 0 Å². The van der Waals surface area contributed by atoms with Crippen molar-refractivity contribution in [2.24, 2.45) is 0 Å². The maximum atomic E-state index is 12.0. The number of para-hydroxylation sites is 1. The van der Waals surface area contributed by atoms with Crippen LogP contribution in [-0.4, -0.2) is 17.5 Å². The molecule has 4 heteroatoms. The van der Waals surface area contributed by atoms with Crippen LogP contribution < -0.4 is 5.32 Å². The maximum Gasteiger partial charge on any atom is 0.310 e. The van der Waals surface area contributed by atoms with Gasteiger partial charge in [0.05, 0.1) is 6.42 Å². The SMILES string of the molecule is CC(C)(C)OC(=O)CC1=CCC(=O)Nc2ccccc21. The van der Waals surface area contributed by atoms with Gasteiger partial charge in [-0.3, -0.25) is 9.59 Å². The largest absolute Gasteiger partial charge is 0.460 e. The van der Waals surface area contributed by atoms with Gasteiger partial charge in [0.1, 0.15) is 5.60 Å². The third-order valence-electron chi connectivity index (χ3n) is 2.84. The van der Waals surface area contributed by atoms with E-state index in [1.165, 1.54) is 0 Å². The zero-order valence-corrected chi connectivity index (χ0v) is 12.0. The first kappa shape index (κ1) is 14.3. The van der Waals surface area contributed by atoms with Crippen molar-refractivity contribution in [3.63, 3.8) is 0 Å². The Hall–Kier alpha value is -2.10. The Morgan fingerprint density at radius 2 is 2.00 bits per heavy atom. The summed E-state index contributed by atoms with van der Waals surface area (Å²) in [6, 6.07) is 7.48. The van der Waals surface area contributed by atoms with Gasteiger partial charge in [0.25, 0.3) is 0 Å². The second-order valence-corrected chi connectivity index (χ2v) is 5.79. The Morgan fingerprint density at radius 3 is 2.70 bits per heavy atom. The van der Waals surface area contributed by atoms with Crippen LogP contribution in [0.1, 0.15) is 39.2 Å². The summed E-state index contributed by atoms with van der Waals surface area (Å²) >= 11 is 0. The molecule has 1 amide bonds. The fourth-order valence-corrected chi connectivity index (χ4v) is 2.10. The van der Waals surface area contributed by atoms with Gasteiger partial charge < -0.3 is 10.1 Å². The van der Waals surface area contributed by atoms with Gasteiger partial charge in [0, 0.05) is 17.7 Å². The number of fused-ring (bicyclic) bond motifs is 1. The molecule has 0 unspecified atom stereocenters. The summed E-state index contributed by atoms with van der Waals surface area (Å²) in [6.45, 7) is 5.52. The van der Waals surface area contributed by atoms with Crippen molar-refractivity contribution >= 4 is 23.1 Å². The summed E-state index contributed by atoms with van der Waals surface area (Å²) < 4.78 is 5.34. The van der Waals surface area contributed by atoms with Crippen molar-refractivity contribution in [3.05, 3.63) is 35.9 Å². The molecular weight excluding hydrogens is 254 g/mol. The molecule has 0 aliphatic carbocycles. The van der Waals surface area contributed by atoms with E-state index in [4.69, 9.17) is 4.74 Å². The molecular formula is C16H19NO3. The van der Waals surface area contributed by atoms with Gasteiger partial charge in [-0.05, 0) is 32.4 Å². The van der Waals surface area contributed by atoms with E-state index in [2.05, 4.69) is 5.32 Å². The number of ether oxygens (including phenoxy) is 1. The fourth-order valence-electron chi connectivity index (χ4n) is 2.10. The van der Waals surface area contributed by atoms with Crippen LogP contribution in [0.4, 0.5) is 5.69 Å². The summed E-state index contributed by atoms with van der Waals surface area (Å²) in [5.41, 5.74) is 1.94. The van der Waals surface area contributed by atoms with Gasteiger partial charge in [-0.2, -0.15) is 0 Å². The van der Waals surface area contributed by atoms with E-state index in [0.29, 0.717) is 0 Å². The molecule has 0 fully saturated rings. The third kappa shape index (κ3) is 3.70. The highest BCUT2D eigenvalue weighted by Crippen LogP contribution is 2.30. The van der Waals surface area contributed by atoms with E-state index in [-0.39, 0.29) is 24.7 Å². The van der Waals surface area contributed by atoms with Crippen LogP contribution in [0.5, 0.6) is 0 Å². The molecule has 1 aromatic carbocycles. The van der Waals surface area contributed by atoms with Crippen LogP contribution in [0.3, 0.4) is 0 Å². The van der Waals surface area contributed by atoms with Crippen LogP contribution in [0.25, 0.3) is 5.57 Å². The topological polar surface area (TPSA) is 55.4 Å². The standard InChI is InChI=1S/C16H19NO3/c1-16(2,3)20-15(19)10-11-8-9-14(18)17-13-7-5-4-6-12(11)13/h4-8H,9-10H2,1-3H3,(H,17,18). The molecule has 1 N–H and O–H groups in total. The third-order valence-corrected chi connectivity index (χ3v) is 2.84. The highest BCUT2D eigenvalue weighted by Gasteiger charge is 2.21. The summed E-state index contributed by atoms with van der Waals surface area (Å²) in [4.78, 5) is 23.6. The number of hydrogen-bond acceptors (Lipinski definition) is 3. The van der Waals surface area contributed by atoms with Crippen molar-refractivity contribution in [1.29, 1.82) is 0 Å². The Kier molecular flexibility index (Phi) is 3.93. The van der Waals surface area contributed by atoms with Crippen LogP contribution in [-0.2, 0) is 14.3 Å². The molecule has 0 atom stereocenters. The van der Waals surface area contributed by atoms with Gasteiger partial charge >= 0.3 is 5.97 Å². The molecule has 1 aliphatic heterocycles. The van der Waals surface area contributed by atoms with Gasteiger partial charge in [-0.15, -0.1) is 0 Å². The number of carbonyl (C=O) groups is 2. The number of hydrogen-bond donors (Lipinski definition) is 1. The lowest BCUT2D eigenvalue weighted by Crippen LogP contribution is -2.23. The number of amides is 1. The number of rotatable bonds is 2. The highest BCUT2D eigenvalue weighted by molar-refractivity contribution is 6.00. The summed E-state index contributed by atoms with van der Waals surface area (Å²) in [7, 11) is 0. The van der Waals surface area contributed by atoms with E-state index >= 15 is 0 Å². The first-order valence-corrected chi connectivity index (χ1v) is 6.65.